The standard InChI is InChI=1S/C69H43N7/c1-4-18-44(19-5-1)67-70-68(45-32-36-63-55(40-45)57-42-49(34-38-65(57)73(63)47-20-6-2-7-21-47)75-59-28-14-10-24-51(59)52-25-11-15-29-60(52)75)72-69(71-67)46-33-37-64-56(41-46)58-43-50(35-39-66(58)74(64)48-22-8-3-9-23-48)76-61-30-16-12-26-53(61)54-27-13-17-31-62(54)76/h1-43H. The first-order valence-electron chi connectivity index (χ1n) is 25.8. The highest BCUT2D eigenvalue weighted by Gasteiger charge is 2.22. The maximum Gasteiger partial charge on any atom is 0.164 e. The van der Waals surface area contributed by atoms with Crippen LogP contribution in [0.1, 0.15) is 0 Å². The van der Waals surface area contributed by atoms with E-state index in [0.29, 0.717) is 17.5 Å². The normalized spacial score (nSPS) is 11.9. The van der Waals surface area contributed by atoms with Gasteiger partial charge in [-0.3, -0.25) is 0 Å². The molecule has 354 valence electrons. The van der Waals surface area contributed by atoms with Gasteiger partial charge >= 0.3 is 0 Å². The fourth-order valence-corrected chi connectivity index (χ4v) is 12.0. The lowest BCUT2D eigenvalue weighted by Crippen LogP contribution is -2.00. The van der Waals surface area contributed by atoms with Crippen molar-refractivity contribution in [1.29, 1.82) is 0 Å². The summed E-state index contributed by atoms with van der Waals surface area (Å²) in [6.45, 7) is 0. The Bertz CT molecular complexity index is 4580. The monoisotopic (exact) mass is 969 g/mol. The molecule has 0 atom stereocenters. The zero-order valence-corrected chi connectivity index (χ0v) is 41.0. The van der Waals surface area contributed by atoms with Crippen LogP contribution in [0.5, 0.6) is 0 Å². The third-order valence-corrected chi connectivity index (χ3v) is 15.4. The van der Waals surface area contributed by atoms with E-state index in [1.807, 2.05) is 18.2 Å². The van der Waals surface area contributed by atoms with Gasteiger partial charge in [-0.15, -0.1) is 0 Å². The quantitative estimate of drug-likeness (QED) is 0.160. The highest BCUT2D eigenvalue weighted by atomic mass is 15.0. The van der Waals surface area contributed by atoms with Gasteiger partial charge < -0.3 is 18.3 Å². The summed E-state index contributed by atoms with van der Waals surface area (Å²) in [6.07, 6.45) is 0. The highest BCUT2D eigenvalue weighted by molar-refractivity contribution is 6.15. The number of para-hydroxylation sites is 6. The SMILES string of the molecule is c1ccc(-c2nc(-c3ccc4c(c3)c3cc(-n5c6ccccc6c6ccccc65)ccc3n4-c3ccccc3)nc(-c3ccc4c(c3)c3cc(-n5c6ccccc6c6ccccc65)ccc3n4-c3ccccc3)n2)cc1. The van der Waals surface area contributed by atoms with Crippen molar-refractivity contribution in [3.05, 3.63) is 261 Å². The van der Waals surface area contributed by atoms with Gasteiger partial charge in [-0.25, -0.2) is 15.0 Å². The van der Waals surface area contributed by atoms with E-state index in [0.717, 1.165) is 83.1 Å². The van der Waals surface area contributed by atoms with Crippen molar-refractivity contribution in [3.8, 4) is 56.9 Å². The third-order valence-electron chi connectivity index (χ3n) is 15.4. The van der Waals surface area contributed by atoms with Crippen LogP contribution in [-0.4, -0.2) is 33.2 Å². The molecule has 0 aliphatic rings. The second-order valence-corrected chi connectivity index (χ2v) is 19.6. The molecule has 0 saturated carbocycles. The summed E-state index contributed by atoms with van der Waals surface area (Å²) >= 11 is 0. The number of hydrogen-bond donors (Lipinski definition) is 0. The average Bonchev–Trinajstić information content (AvgIpc) is 4.37. The van der Waals surface area contributed by atoms with E-state index >= 15 is 0 Å². The molecular weight excluding hydrogens is 927 g/mol. The van der Waals surface area contributed by atoms with Gasteiger partial charge in [0, 0.05) is 82.5 Å². The Kier molecular flexibility index (Phi) is 9.20. The maximum atomic E-state index is 5.41. The molecule has 7 nitrogen and oxygen atoms in total. The third kappa shape index (κ3) is 6.39. The molecule has 0 spiro atoms. The Labute approximate surface area is 436 Å². The van der Waals surface area contributed by atoms with Crippen LogP contribution in [0.25, 0.3) is 144 Å². The molecule has 5 aromatic heterocycles. The topological polar surface area (TPSA) is 58.4 Å². The number of hydrogen-bond acceptors (Lipinski definition) is 3. The molecule has 0 saturated heterocycles. The average molecular weight is 970 g/mol. The fraction of sp³-hybridized carbons (Fsp3) is 0. The molecule has 0 unspecified atom stereocenters. The maximum absolute atomic E-state index is 5.41. The second kappa shape index (κ2) is 16.6. The molecule has 16 rings (SSSR count). The van der Waals surface area contributed by atoms with Crippen LogP contribution in [0.3, 0.4) is 0 Å². The predicted molar refractivity (Wildman–Crippen MR) is 313 cm³/mol. The van der Waals surface area contributed by atoms with E-state index in [-0.39, 0.29) is 0 Å². The van der Waals surface area contributed by atoms with Crippen molar-refractivity contribution in [1.82, 2.24) is 33.2 Å². The summed E-state index contributed by atoms with van der Waals surface area (Å²) < 4.78 is 9.52. The summed E-state index contributed by atoms with van der Waals surface area (Å²) in [5.74, 6) is 1.82. The van der Waals surface area contributed by atoms with Crippen LogP contribution in [0.2, 0.25) is 0 Å². The van der Waals surface area contributed by atoms with E-state index in [9.17, 15) is 0 Å². The summed E-state index contributed by atoms with van der Waals surface area (Å²) in [4.78, 5) is 16.0. The molecular formula is C69H43N7. The molecule has 0 fully saturated rings. The van der Waals surface area contributed by atoms with E-state index in [1.165, 1.54) is 43.6 Å². The first kappa shape index (κ1) is 42.2. The Morgan fingerprint density at radius 2 is 0.461 bits per heavy atom. The fourth-order valence-electron chi connectivity index (χ4n) is 12.0. The van der Waals surface area contributed by atoms with Gasteiger partial charge in [-0.05, 0) is 121 Å². The van der Waals surface area contributed by atoms with Gasteiger partial charge in [0.05, 0.1) is 44.1 Å². The van der Waals surface area contributed by atoms with Crippen molar-refractivity contribution >= 4 is 87.2 Å². The van der Waals surface area contributed by atoms with Crippen molar-refractivity contribution in [2.24, 2.45) is 0 Å². The van der Waals surface area contributed by atoms with E-state index in [4.69, 9.17) is 15.0 Å². The number of aromatic nitrogens is 7. The first-order valence-corrected chi connectivity index (χ1v) is 25.8. The number of nitrogens with zero attached hydrogens (tertiary/aromatic N) is 7. The minimum Gasteiger partial charge on any atom is -0.309 e. The minimum atomic E-state index is 0.602. The van der Waals surface area contributed by atoms with Crippen LogP contribution in [0.15, 0.2) is 261 Å². The number of rotatable bonds is 7. The number of benzene rings is 11. The molecule has 0 N–H and O–H groups in total. The first-order chi connectivity index (χ1) is 37.7. The molecule has 0 bridgehead atoms. The molecule has 16 aromatic rings. The summed E-state index contributed by atoms with van der Waals surface area (Å²) in [5, 5.41) is 9.42. The Hall–Kier alpha value is -10.4. The van der Waals surface area contributed by atoms with Gasteiger partial charge in [0.25, 0.3) is 0 Å². The van der Waals surface area contributed by atoms with Gasteiger partial charge in [0.1, 0.15) is 0 Å². The zero-order valence-electron chi connectivity index (χ0n) is 41.0. The zero-order chi connectivity index (χ0) is 49.8. The number of fused-ring (bicyclic) bond motifs is 12. The lowest BCUT2D eigenvalue weighted by atomic mass is 10.1. The minimum absolute atomic E-state index is 0.602. The Morgan fingerprint density at radius 1 is 0.184 bits per heavy atom. The molecule has 0 aliphatic heterocycles. The molecule has 7 heteroatoms. The molecule has 11 aromatic carbocycles. The van der Waals surface area contributed by atoms with Crippen LogP contribution in [-0.2, 0) is 0 Å². The highest BCUT2D eigenvalue weighted by Crippen LogP contribution is 2.41. The predicted octanol–water partition coefficient (Wildman–Crippen LogP) is 17.3. The van der Waals surface area contributed by atoms with E-state index in [1.54, 1.807) is 0 Å². The smallest absolute Gasteiger partial charge is 0.164 e. The molecule has 0 amide bonds. The lowest BCUT2D eigenvalue weighted by Gasteiger charge is -2.10. The summed E-state index contributed by atoms with van der Waals surface area (Å²) in [7, 11) is 0. The Morgan fingerprint density at radius 3 is 0.842 bits per heavy atom. The van der Waals surface area contributed by atoms with Crippen molar-refractivity contribution < 1.29 is 0 Å². The van der Waals surface area contributed by atoms with Crippen LogP contribution in [0.4, 0.5) is 0 Å². The second-order valence-electron chi connectivity index (χ2n) is 19.6. The van der Waals surface area contributed by atoms with Crippen LogP contribution in [0, 0.1) is 0 Å². The lowest BCUT2D eigenvalue weighted by molar-refractivity contribution is 1.07. The summed E-state index contributed by atoms with van der Waals surface area (Å²) in [6, 6.07) is 93.3. The van der Waals surface area contributed by atoms with Crippen molar-refractivity contribution in [2.75, 3.05) is 0 Å². The molecule has 76 heavy (non-hydrogen) atoms. The van der Waals surface area contributed by atoms with Gasteiger partial charge in [0.2, 0.25) is 0 Å². The van der Waals surface area contributed by atoms with E-state index < -0.39 is 0 Å². The molecule has 0 radical (unpaired) electrons. The molecule has 0 aliphatic carbocycles. The van der Waals surface area contributed by atoms with Crippen molar-refractivity contribution in [2.45, 2.75) is 0 Å². The summed E-state index contributed by atoms with van der Waals surface area (Å²) in [5.41, 5.74) is 16.3. The largest absolute Gasteiger partial charge is 0.309 e. The van der Waals surface area contributed by atoms with Gasteiger partial charge in [-0.1, -0.05) is 140 Å². The van der Waals surface area contributed by atoms with Gasteiger partial charge in [0.15, 0.2) is 17.5 Å². The van der Waals surface area contributed by atoms with Crippen molar-refractivity contribution in [3.63, 3.8) is 0 Å². The van der Waals surface area contributed by atoms with Gasteiger partial charge in [-0.2, -0.15) is 0 Å². The molecule has 5 heterocycles. The Balaban J connectivity index is 0.909. The van der Waals surface area contributed by atoms with E-state index in [2.05, 4.69) is 261 Å². The van der Waals surface area contributed by atoms with Crippen LogP contribution >= 0.6 is 0 Å². The van der Waals surface area contributed by atoms with Crippen LogP contribution < -0.4 is 0 Å².